The van der Waals surface area contributed by atoms with Crippen molar-refractivity contribution in [2.75, 3.05) is 13.6 Å². The summed E-state index contributed by atoms with van der Waals surface area (Å²) in [6.07, 6.45) is 5.77. The van der Waals surface area contributed by atoms with Crippen LogP contribution in [0.2, 0.25) is 0 Å². The van der Waals surface area contributed by atoms with Crippen molar-refractivity contribution in [3.8, 4) is 0 Å². The lowest BCUT2D eigenvalue weighted by atomic mass is 10.1. The fourth-order valence-electron chi connectivity index (χ4n) is 2.61. The van der Waals surface area contributed by atoms with Crippen molar-refractivity contribution in [1.82, 2.24) is 10.2 Å². The zero-order valence-corrected chi connectivity index (χ0v) is 10.3. The Morgan fingerprint density at radius 1 is 1.56 bits per heavy atom. The molecule has 1 aromatic heterocycles. The predicted octanol–water partition coefficient (Wildman–Crippen LogP) is 2.37. The number of furan rings is 1. The van der Waals surface area contributed by atoms with Gasteiger partial charge in [-0.2, -0.15) is 0 Å². The molecule has 3 heteroatoms. The summed E-state index contributed by atoms with van der Waals surface area (Å²) in [6, 6.07) is 2.88. The Morgan fingerprint density at radius 3 is 3.19 bits per heavy atom. The molecule has 90 valence electrons. The molecule has 1 aliphatic rings. The van der Waals surface area contributed by atoms with Crippen molar-refractivity contribution in [1.29, 1.82) is 0 Å². The smallest absolute Gasteiger partial charge is 0.122 e. The molecular formula is C13H22N2O. The van der Waals surface area contributed by atoms with Gasteiger partial charge in [-0.05, 0) is 38.9 Å². The van der Waals surface area contributed by atoms with Crippen LogP contribution in [-0.4, -0.2) is 24.5 Å². The second kappa shape index (κ2) is 5.51. The van der Waals surface area contributed by atoms with Crippen LogP contribution in [0.1, 0.15) is 37.5 Å². The first kappa shape index (κ1) is 11.7. The lowest BCUT2D eigenvalue weighted by molar-refractivity contribution is 0.238. The van der Waals surface area contributed by atoms with Crippen molar-refractivity contribution in [2.24, 2.45) is 0 Å². The Morgan fingerprint density at radius 2 is 2.44 bits per heavy atom. The van der Waals surface area contributed by atoms with Crippen LogP contribution in [0, 0.1) is 0 Å². The van der Waals surface area contributed by atoms with Crippen LogP contribution in [0.15, 0.2) is 16.7 Å². The quantitative estimate of drug-likeness (QED) is 0.829. The van der Waals surface area contributed by atoms with Crippen LogP contribution in [0.5, 0.6) is 0 Å². The Balaban J connectivity index is 1.99. The van der Waals surface area contributed by atoms with E-state index in [4.69, 9.17) is 4.42 Å². The Kier molecular flexibility index (Phi) is 4.02. The fraction of sp³-hybridized carbons (Fsp3) is 0.692. The summed E-state index contributed by atoms with van der Waals surface area (Å²) in [4.78, 5) is 2.59. The van der Waals surface area contributed by atoms with E-state index in [1.165, 1.54) is 31.4 Å². The van der Waals surface area contributed by atoms with Gasteiger partial charge >= 0.3 is 0 Å². The summed E-state index contributed by atoms with van der Waals surface area (Å²) in [7, 11) is 1.96. The minimum atomic E-state index is 0.775. The van der Waals surface area contributed by atoms with Crippen LogP contribution < -0.4 is 5.32 Å². The molecule has 1 fully saturated rings. The van der Waals surface area contributed by atoms with E-state index < -0.39 is 0 Å². The third-order valence-corrected chi connectivity index (χ3v) is 3.52. The summed E-state index contributed by atoms with van der Waals surface area (Å²) in [5.74, 6) is 1.09. The molecule has 0 aliphatic carbocycles. The molecule has 3 nitrogen and oxygen atoms in total. The van der Waals surface area contributed by atoms with Gasteiger partial charge in [0.2, 0.25) is 0 Å². The summed E-state index contributed by atoms with van der Waals surface area (Å²) in [5, 5.41) is 3.15. The van der Waals surface area contributed by atoms with Crippen molar-refractivity contribution in [3.63, 3.8) is 0 Å². The molecule has 1 atom stereocenters. The fourth-order valence-corrected chi connectivity index (χ4v) is 2.61. The largest absolute Gasteiger partial charge is 0.468 e. The van der Waals surface area contributed by atoms with Crippen LogP contribution in [0.4, 0.5) is 0 Å². The van der Waals surface area contributed by atoms with Crippen molar-refractivity contribution in [2.45, 2.75) is 45.3 Å². The van der Waals surface area contributed by atoms with E-state index in [1.54, 1.807) is 6.26 Å². The molecule has 16 heavy (non-hydrogen) atoms. The first-order valence-electron chi connectivity index (χ1n) is 6.29. The highest BCUT2D eigenvalue weighted by atomic mass is 16.3. The second-order valence-corrected chi connectivity index (χ2v) is 4.57. The van der Waals surface area contributed by atoms with Crippen molar-refractivity contribution in [3.05, 3.63) is 23.7 Å². The molecular weight excluding hydrogens is 200 g/mol. The average Bonchev–Trinajstić information content (AvgIpc) is 2.89. The number of hydrogen-bond acceptors (Lipinski definition) is 3. The minimum absolute atomic E-state index is 0.775. The number of nitrogens with one attached hydrogen (secondary N) is 1. The number of nitrogens with zero attached hydrogens (tertiary/aromatic N) is 1. The van der Waals surface area contributed by atoms with Gasteiger partial charge < -0.3 is 9.73 Å². The highest BCUT2D eigenvalue weighted by Crippen LogP contribution is 2.23. The van der Waals surface area contributed by atoms with E-state index in [0.717, 1.165) is 24.9 Å². The number of rotatable bonds is 5. The standard InChI is InChI=1S/C13H22N2O/c1-3-12-5-4-7-15(12)10-11-6-8-16-13(11)9-14-2/h6,8,12,14H,3-5,7,9-10H2,1-2H3. The SMILES string of the molecule is CCC1CCCN1Cc1ccoc1CNC. The average molecular weight is 222 g/mol. The zero-order valence-electron chi connectivity index (χ0n) is 10.3. The van der Waals surface area contributed by atoms with E-state index in [-0.39, 0.29) is 0 Å². The molecule has 1 aliphatic heterocycles. The molecule has 0 bridgehead atoms. The van der Waals surface area contributed by atoms with Crippen LogP contribution in [-0.2, 0) is 13.1 Å². The maximum Gasteiger partial charge on any atom is 0.122 e. The number of likely N-dealkylation sites (tertiary alicyclic amines) is 1. The molecule has 1 unspecified atom stereocenters. The summed E-state index contributed by atoms with van der Waals surface area (Å²) < 4.78 is 5.50. The first-order valence-corrected chi connectivity index (χ1v) is 6.29. The van der Waals surface area contributed by atoms with E-state index in [2.05, 4.69) is 23.2 Å². The third-order valence-electron chi connectivity index (χ3n) is 3.52. The maximum absolute atomic E-state index is 5.50. The number of hydrogen-bond donors (Lipinski definition) is 1. The molecule has 0 radical (unpaired) electrons. The molecule has 0 spiro atoms. The van der Waals surface area contributed by atoms with Crippen LogP contribution in [0.25, 0.3) is 0 Å². The summed E-state index contributed by atoms with van der Waals surface area (Å²) in [5.41, 5.74) is 1.34. The van der Waals surface area contributed by atoms with Gasteiger partial charge in [-0.25, -0.2) is 0 Å². The van der Waals surface area contributed by atoms with Gasteiger partial charge in [0, 0.05) is 18.2 Å². The molecule has 2 heterocycles. The van der Waals surface area contributed by atoms with Crippen molar-refractivity contribution >= 4 is 0 Å². The van der Waals surface area contributed by atoms with Gasteiger partial charge in [-0.3, -0.25) is 4.90 Å². The minimum Gasteiger partial charge on any atom is -0.468 e. The normalized spacial score (nSPS) is 21.8. The molecule has 0 amide bonds. The second-order valence-electron chi connectivity index (χ2n) is 4.57. The van der Waals surface area contributed by atoms with E-state index >= 15 is 0 Å². The molecule has 1 saturated heterocycles. The lowest BCUT2D eigenvalue weighted by Gasteiger charge is -2.23. The predicted molar refractivity (Wildman–Crippen MR) is 65.2 cm³/mol. The molecule has 1 N–H and O–H groups in total. The van der Waals surface area contributed by atoms with Gasteiger partial charge in [-0.1, -0.05) is 6.92 Å². The summed E-state index contributed by atoms with van der Waals surface area (Å²) in [6.45, 7) is 5.40. The van der Waals surface area contributed by atoms with Crippen molar-refractivity contribution < 1.29 is 4.42 Å². The molecule has 2 rings (SSSR count). The van der Waals surface area contributed by atoms with Gasteiger partial charge in [0.15, 0.2) is 0 Å². The highest BCUT2D eigenvalue weighted by molar-refractivity contribution is 5.17. The molecule has 0 saturated carbocycles. The monoisotopic (exact) mass is 222 g/mol. The van der Waals surface area contributed by atoms with E-state index in [0.29, 0.717) is 0 Å². The Hall–Kier alpha value is -0.800. The molecule has 1 aromatic rings. The summed E-state index contributed by atoms with van der Waals surface area (Å²) >= 11 is 0. The van der Waals surface area contributed by atoms with Crippen LogP contribution in [0.3, 0.4) is 0 Å². The van der Waals surface area contributed by atoms with E-state index in [1.807, 2.05) is 7.05 Å². The van der Waals surface area contributed by atoms with Gasteiger partial charge in [0.05, 0.1) is 12.8 Å². The Labute approximate surface area is 97.8 Å². The Bertz CT molecular complexity index is 321. The van der Waals surface area contributed by atoms with Gasteiger partial charge in [-0.15, -0.1) is 0 Å². The van der Waals surface area contributed by atoms with Gasteiger partial charge in [0.1, 0.15) is 5.76 Å². The lowest BCUT2D eigenvalue weighted by Crippen LogP contribution is -2.28. The van der Waals surface area contributed by atoms with Gasteiger partial charge in [0.25, 0.3) is 0 Å². The topological polar surface area (TPSA) is 28.4 Å². The van der Waals surface area contributed by atoms with Crippen LogP contribution >= 0.6 is 0 Å². The highest BCUT2D eigenvalue weighted by Gasteiger charge is 2.23. The maximum atomic E-state index is 5.50. The molecule has 0 aromatic carbocycles. The zero-order chi connectivity index (χ0) is 11.4. The first-order chi connectivity index (χ1) is 7.85. The third kappa shape index (κ3) is 2.47. The van der Waals surface area contributed by atoms with E-state index in [9.17, 15) is 0 Å².